The van der Waals surface area contributed by atoms with Gasteiger partial charge in [-0.15, -0.1) is 0 Å². The minimum Gasteiger partial charge on any atom is -0.395 e. The predicted octanol–water partition coefficient (Wildman–Crippen LogP) is -3.24. The van der Waals surface area contributed by atoms with Crippen LogP contribution >= 0.6 is 8.25 Å². The van der Waals surface area contributed by atoms with Gasteiger partial charge in [0.25, 0.3) is 0 Å². The topological polar surface area (TPSA) is 160 Å². The van der Waals surface area contributed by atoms with Crippen LogP contribution < -0.4 is 5.32 Å². The molecule has 0 fully saturated rings. The first-order chi connectivity index (χ1) is 8.33. The molecule has 0 spiro atoms. The highest BCUT2D eigenvalue weighted by Gasteiger charge is 2.34. The molecule has 9 nitrogen and oxygen atoms in total. The van der Waals surface area contributed by atoms with E-state index in [1.807, 2.05) is 0 Å². The summed E-state index contributed by atoms with van der Waals surface area (Å²) >= 11 is 0. The van der Waals surface area contributed by atoms with Crippen molar-refractivity contribution in [2.24, 2.45) is 0 Å². The molecule has 0 aliphatic carbocycles. The zero-order valence-corrected chi connectivity index (χ0v) is 10.8. The highest BCUT2D eigenvalue weighted by Crippen LogP contribution is 2.23. The monoisotopic (exact) mass is 289 g/mol. The summed E-state index contributed by atoms with van der Waals surface area (Å²) in [7, 11) is -3.45. The van der Waals surface area contributed by atoms with E-state index in [0.29, 0.717) is 0 Å². The summed E-state index contributed by atoms with van der Waals surface area (Å²) in [4.78, 5) is 8.64. The van der Waals surface area contributed by atoms with E-state index in [1.54, 1.807) is 0 Å². The summed E-state index contributed by atoms with van der Waals surface area (Å²) in [6, 6.07) is -1.10. The second-order valence-electron chi connectivity index (χ2n) is 3.72. The lowest BCUT2D eigenvalue weighted by Crippen LogP contribution is -2.55. The summed E-state index contributed by atoms with van der Waals surface area (Å²) in [6.45, 7) is -0.0806. The van der Waals surface area contributed by atoms with Gasteiger partial charge in [-0.3, -0.25) is 9.88 Å². The van der Waals surface area contributed by atoms with E-state index in [9.17, 15) is 14.8 Å². The number of hydrogen-bond acceptors (Lipinski definition) is 8. The molecule has 0 heterocycles. The van der Waals surface area contributed by atoms with Crippen LogP contribution in [0.3, 0.4) is 0 Å². The average molecular weight is 289 g/mol. The minimum atomic E-state index is -3.45. The van der Waals surface area contributed by atoms with Gasteiger partial charge in [-0.1, -0.05) is 0 Å². The molecule has 0 aliphatic rings. The van der Waals surface area contributed by atoms with Crippen LogP contribution in [0.25, 0.3) is 0 Å². The maximum atomic E-state index is 10.6. The number of aliphatic hydroxyl groups excluding tert-OH is 5. The molecule has 6 unspecified atom stereocenters. The SMILES string of the molecule is CC(O)NC(CO)C(O)C(O[PH](=O)O)C(O)CO. The minimum absolute atomic E-state index is 0.615. The molecule has 10 heteroatoms. The Hall–Kier alpha value is -0.0900. The van der Waals surface area contributed by atoms with Gasteiger partial charge < -0.3 is 34.9 Å². The Kier molecular flexibility index (Phi) is 8.87. The molecule has 0 bridgehead atoms. The van der Waals surface area contributed by atoms with Gasteiger partial charge in [-0.05, 0) is 6.92 Å². The molecule has 0 amide bonds. The molecular formula is C8H20NO8P. The van der Waals surface area contributed by atoms with Gasteiger partial charge in [0.15, 0.2) is 0 Å². The zero-order valence-electron chi connectivity index (χ0n) is 9.80. The highest BCUT2D eigenvalue weighted by atomic mass is 31.1. The van der Waals surface area contributed by atoms with E-state index >= 15 is 0 Å². The molecule has 0 aromatic carbocycles. The van der Waals surface area contributed by atoms with Crippen LogP contribution in [0.1, 0.15) is 6.92 Å². The molecule has 0 aromatic rings. The van der Waals surface area contributed by atoms with Crippen molar-refractivity contribution in [2.45, 2.75) is 37.5 Å². The second-order valence-corrected chi connectivity index (χ2v) is 4.49. The molecule has 0 saturated heterocycles. The normalized spacial score (nSPS) is 21.9. The standard InChI is InChI=1S/C8H20NO8P/c1-4(12)9-5(2-10)7(14)8(6(13)3-11)17-18(15)16/h4-14,18H,2-3H2,1H3,(H,15,16). The molecule has 7 N–H and O–H groups in total. The molecule has 0 saturated carbocycles. The molecule has 0 aromatic heterocycles. The molecule has 6 atom stereocenters. The summed E-state index contributed by atoms with van der Waals surface area (Å²) in [5.74, 6) is 0. The fourth-order valence-corrected chi connectivity index (χ4v) is 1.92. The van der Waals surface area contributed by atoms with E-state index in [-0.39, 0.29) is 0 Å². The number of aliphatic hydroxyl groups is 5. The Labute approximate surface area is 105 Å². The predicted molar refractivity (Wildman–Crippen MR) is 60.9 cm³/mol. The van der Waals surface area contributed by atoms with Crippen molar-refractivity contribution < 1.29 is 39.5 Å². The largest absolute Gasteiger partial charge is 0.395 e. The van der Waals surface area contributed by atoms with Crippen molar-refractivity contribution in [3.63, 3.8) is 0 Å². The van der Waals surface area contributed by atoms with E-state index in [1.165, 1.54) is 6.92 Å². The van der Waals surface area contributed by atoms with Crippen molar-refractivity contribution in [3.05, 3.63) is 0 Å². The van der Waals surface area contributed by atoms with Crippen LogP contribution in [0.2, 0.25) is 0 Å². The van der Waals surface area contributed by atoms with E-state index in [4.69, 9.17) is 20.2 Å². The first kappa shape index (κ1) is 17.9. The maximum Gasteiger partial charge on any atom is 0.317 e. The molecule has 18 heavy (non-hydrogen) atoms. The van der Waals surface area contributed by atoms with Gasteiger partial charge in [-0.2, -0.15) is 0 Å². The number of nitrogens with one attached hydrogen (secondary N) is 1. The van der Waals surface area contributed by atoms with E-state index in [0.717, 1.165) is 0 Å². The third-order valence-corrected chi connectivity index (χ3v) is 2.68. The van der Waals surface area contributed by atoms with Crippen LogP contribution in [-0.2, 0) is 9.09 Å². The molecule has 0 aliphatic heterocycles. The van der Waals surface area contributed by atoms with Crippen molar-refractivity contribution in [2.75, 3.05) is 13.2 Å². The fraction of sp³-hybridized carbons (Fsp3) is 1.00. The Balaban J connectivity index is 4.78. The maximum absolute atomic E-state index is 10.6. The average Bonchev–Trinajstić information content (AvgIpc) is 2.30. The first-order valence-corrected chi connectivity index (χ1v) is 6.51. The number of hydrogen-bond donors (Lipinski definition) is 7. The van der Waals surface area contributed by atoms with Crippen molar-refractivity contribution in [1.29, 1.82) is 0 Å². The molecular weight excluding hydrogens is 269 g/mol. The lowest BCUT2D eigenvalue weighted by atomic mass is 10.0. The Morgan fingerprint density at radius 1 is 1.22 bits per heavy atom. The van der Waals surface area contributed by atoms with Crippen LogP contribution in [0.4, 0.5) is 0 Å². The zero-order chi connectivity index (χ0) is 14.3. The fourth-order valence-electron chi connectivity index (χ4n) is 1.39. The van der Waals surface area contributed by atoms with Crippen molar-refractivity contribution in [3.8, 4) is 0 Å². The van der Waals surface area contributed by atoms with Crippen molar-refractivity contribution in [1.82, 2.24) is 5.32 Å². The quantitative estimate of drug-likeness (QED) is 0.171. The second kappa shape index (κ2) is 8.92. The smallest absolute Gasteiger partial charge is 0.317 e. The summed E-state index contributed by atoms with van der Waals surface area (Å²) < 4.78 is 15.0. The van der Waals surface area contributed by atoms with Gasteiger partial charge >= 0.3 is 8.25 Å². The van der Waals surface area contributed by atoms with Gasteiger partial charge in [0.05, 0.1) is 19.3 Å². The van der Waals surface area contributed by atoms with E-state index < -0.39 is 52.1 Å². The third kappa shape index (κ3) is 6.19. The molecule has 0 radical (unpaired) electrons. The summed E-state index contributed by atoms with van der Waals surface area (Å²) in [5.41, 5.74) is 0. The van der Waals surface area contributed by atoms with Gasteiger partial charge in [-0.25, -0.2) is 0 Å². The lowest BCUT2D eigenvalue weighted by molar-refractivity contribution is -0.0850. The van der Waals surface area contributed by atoms with Crippen LogP contribution in [0, 0.1) is 0 Å². The molecule has 0 rings (SSSR count). The lowest BCUT2D eigenvalue weighted by Gasteiger charge is -2.31. The van der Waals surface area contributed by atoms with Gasteiger partial charge in [0.2, 0.25) is 0 Å². The Morgan fingerprint density at radius 3 is 2.11 bits per heavy atom. The molecule has 110 valence electrons. The third-order valence-electron chi connectivity index (χ3n) is 2.20. The van der Waals surface area contributed by atoms with Crippen LogP contribution in [0.5, 0.6) is 0 Å². The highest BCUT2D eigenvalue weighted by molar-refractivity contribution is 7.32. The Bertz CT molecular complexity index is 253. The van der Waals surface area contributed by atoms with Crippen LogP contribution in [-0.4, -0.2) is 74.2 Å². The summed E-state index contributed by atoms with van der Waals surface area (Å²) in [5, 5.41) is 48.4. The Morgan fingerprint density at radius 2 is 1.78 bits per heavy atom. The first-order valence-electron chi connectivity index (χ1n) is 5.25. The number of rotatable bonds is 9. The van der Waals surface area contributed by atoms with Gasteiger partial charge in [0, 0.05) is 0 Å². The van der Waals surface area contributed by atoms with Crippen LogP contribution in [0.15, 0.2) is 0 Å². The van der Waals surface area contributed by atoms with E-state index in [2.05, 4.69) is 9.84 Å². The van der Waals surface area contributed by atoms with Gasteiger partial charge in [0.1, 0.15) is 24.5 Å². The summed E-state index contributed by atoms with van der Waals surface area (Å²) in [6.07, 6.45) is -5.84. The van der Waals surface area contributed by atoms with Crippen molar-refractivity contribution >= 4 is 8.25 Å².